The Kier molecular flexibility index (Phi) is 8.07. The van der Waals surface area contributed by atoms with Gasteiger partial charge < -0.3 is 5.11 Å². The molecule has 0 unspecified atom stereocenters. The Hall–Kier alpha value is -2.42. The number of carbonyl (C=O) groups is 2. The van der Waals surface area contributed by atoms with Gasteiger partial charge in [-0.05, 0) is 36.1 Å². The van der Waals surface area contributed by atoms with Crippen LogP contribution in [0, 0.1) is 0 Å². The molecule has 2 aromatic carbocycles. The summed E-state index contributed by atoms with van der Waals surface area (Å²) in [4.78, 5) is 23.4. The number of hydrogen-bond acceptors (Lipinski definition) is 2. The average molecular weight is 352 g/mol. The summed E-state index contributed by atoms with van der Waals surface area (Å²) >= 11 is 0. The van der Waals surface area contributed by atoms with Crippen LogP contribution in [0.15, 0.2) is 48.5 Å². The van der Waals surface area contributed by atoms with Gasteiger partial charge in [-0.2, -0.15) is 0 Å². The van der Waals surface area contributed by atoms with Crippen LogP contribution in [0.25, 0.3) is 0 Å². The molecule has 0 amide bonds. The van der Waals surface area contributed by atoms with Crippen molar-refractivity contribution in [1.82, 2.24) is 0 Å². The molecule has 0 radical (unpaired) electrons. The lowest BCUT2D eigenvalue weighted by Gasteiger charge is -2.05. The molecule has 26 heavy (non-hydrogen) atoms. The summed E-state index contributed by atoms with van der Waals surface area (Å²) in [5.74, 6) is -0.961. The van der Waals surface area contributed by atoms with E-state index in [1.807, 2.05) is 24.3 Å². The predicted molar refractivity (Wildman–Crippen MR) is 105 cm³/mol. The molecular weight excluding hydrogens is 324 g/mol. The van der Waals surface area contributed by atoms with E-state index in [0.717, 1.165) is 12.0 Å². The van der Waals surface area contributed by atoms with Crippen LogP contribution >= 0.6 is 0 Å². The van der Waals surface area contributed by atoms with Crippen molar-refractivity contribution < 1.29 is 14.7 Å². The number of rotatable bonds is 11. The smallest absolute Gasteiger partial charge is 0.335 e. The first-order valence-corrected chi connectivity index (χ1v) is 9.54. The number of hydrogen-bond donors (Lipinski definition) is 1. The molecule has 0 aliphatic heterocycles. The molecule has 0 saturated heterocycles. The standard InChI is InChI=1S/C23H28O3/c1-2-3-4-5-6-7-9-18-12-14-20(15-13-18)22(24)17-19-10-8-11-21(16-19)23(25)26/h8,10-16H,2-7,9,17H2,1H3,(H,25,26). The summed E-state index contributed by atoms with van der Waals surface area (Å²) in [5.41, 5.74) is 2.89. The van der Waals surface area contributed by atoms with Gasteiger partial charge in [0.25, 0.3) is 0 Å². The fourth-order valence-electron chi connectivity index (χ4n) is 3.07. The zero-order valence-corrected chi connectivity index (χ0v) is 15.5. The van der Waals surface area contributed by atoms with Gasteiger partial charge in [-0.1, -0.05) is 75.4 Å². The van der Waals surface area contributed by atoms with Gasteiger partial charge in [0.1, 0.15) is 0 Å². The normalized spacial score (nSPS) is 10.7. The van der Waals surface area contributed by atoms with E-state index in [0.29, 0.717) is 5.56 Å². The summed E-state index contributed by atoms with van der Waals surface area (Å²) in [7, 11) is 0. The molecular formula is C23H28O3. The molecule has 2 rings (SSSR count). The Labute approximate surface area is 156 Å². The minimum absolute atomic E-state index is 0.0126. The molecule has 138 valence electrons. The van der Waals surface area contributed by atoms with Crippen LogP contribution in [0.1, 0.15) is 77.3 Å². The number of carboxylic acids is 1. The number of aromatic carboxylic acids is 1. The molecule has 0 atom stereocenters. The molecule has 0 aliphatic carbocycles. The first kappa shape index (κ1) is 19.9. The Morgan fingerprint density at radius 3 is 2.19 bits per heavy atom. The fourth-order valence-corrected chi connectivity index (χ4v) is 3.07. The van der Waals surface area contributed by atoms with Crippen molar-refractivity contribution in [3.8, 4) is 0 Å². The van der Waals surface area contributed by atoms with E-state index in [9.17, 15) is 9.59 Å². The van der Waals surface area contributed by atoms with Crippen LogP contribution in [-0.4, -0.2) is 16.9 Å². The number of aryl methyl sites for hydroxylation is 1. The molecule has 2 aromatic rings. The zero-order chi connectivity index (χ0) is 18.8. The number of unbranched alkanes of at least 4 members (excludes halogenated alkanes) is 5. The van der Waals surface area contributed by atoms with Crippen molar-refractivity contribution in [3.05, 3.63) is 70.8 Å². The quantitative estimate of drug-likeness (QED) is 0.416. The maximum atomic E-state index is 12.4. The zero-order valence-electron chi connectivity index (χ0n) is 15.5. The van der Waals surface area contributed by atoms with Gasteiger partial charge in [0, 0.05) is 12.0 Å². The number of carboxylic acid groups (broad SMARTS) is 1. The summed E-state index contributed by atoms with van der Waals surface area (Å²) < 4.78 is 0. The fraction of sp³-hybridized carbons (Fsp3) is 0.391. The van der Waals surface area contributed by atoms with E-state index in [4.69, 9.17) is 5.11 Å². The van der Waals surface area contributed by atoms with Crippen LogP contribution in [0.5, 0.6) is 0 Å². The van der Waals surface area contributed by atoms with Gasteiger partial charge >= 0.3 is 5.97 Å². The largest absolute Gasteiger partial charge is 0.478 e. The average Bonchev–Trinajstić information content (AvgIpc) is 2.65. The number of Topliss-reactive ketones (excluding diaryl/α,β-unsaturated/α-hetero) is 1. The summed E-state index contributed by atoms with van der Waals surface area (Å²) in [6, 6.07) is 14.4. The van der Waals surface area contributed by atoms with Crippen molar-refractivity contribution >= 4 is 11.8 Å². The second-order valence-electron chi connectivity index (χ2n) is 6.82. The van der Waals surface area contributed by atoms with Crippen molar-refractivity contribution in [2.45, 2.75) is 58.3 Å². The van der Waals surface area contributed by atoms with Gasteiger partial charge in [-0.3, -0.25) is 4.79 Å². The van der Waals surface area contributed by atoms with Crippen molar-refractivity contribution in [1.29, 1.82) is 0 Å². The van der Waals surface area contributed by atoms with Crippen molar-refractivity contribution in [2.75, 3.05) is 0 Å². The molecule has 0 fully saturated rings. The van der Waals surface area contributed by atoms with E-state index >= 15 is 0 Å². The van der Waals surface area contributed by atoms with Gasteiger partial charge in [-0.25, -0.2) is 4.79 Å². The van der Waals surface area contributed by atoms with E-state index in [2.05, 4.69) is 6.92 Å². The Morgan fingerprint density at radius 2 is 1.50 bits per heavy atom. The van der Waals surface area contributed by atoms with Crippen molar-refractivity contribution in [3.63, 3.8) is 0 Å². The summed E-state index contributed by atoms with van der Waals surface area (Å²) in [5, 5.41) is 9.04. The molecule has 1 N–H and O–H groups in total. The van der Waals surface area contributed by atoms with Gasteiger partial charge in [0.15, 0.2) is 5.78 Å². The minimum atomic E-state index is -0.974. The molecule has 0 saturated carbocycles. The van der Waals surface area contributed by atoms with Crippen LogP contribution < -0.4 is 0 Å². The first-order chi connectivity index (χ1) is 12.6. The maximum Gasteiger partial charge on any atom is 0.335 e. The van der Waals surface area contributed by atoms with E-state index < -0.39 is 5.97 Å². The Morgan fingerprint density at radius 1 is 0.808 bits per heavy atom. The van der Waals surface area contributed by atoms with Crippen LogP contribution in [0.2, 0.25) is 0 Å². The van der Waals surface area contributed by atoms with E-state index in [1.54, 1.807) is 18.2 Å². The highest BCUT2D eigenvalue weighted by atomic mass is 16.4. The summed E-state index contributed by atoms with van der Waals surface area (Å²) in [6.07, 6.45) is 8.97. The van der Waals surface area contributed by atoms with Crippen LogP contribution in [0.3, 0.4) is 0 Å². The van der Waals surface area contributed by atoms with Crippen LogP contribution in [-0.2, 0) is 12.8 Å². The van der Waals surface area contributed by atoms with Gasteiger partial charge in [-0.15, -0.1) is 0 Å². The monoisotopic (exact) mass is 352 g/mol. The first-order valence-electron chi connectivity index (χ1n) is 9.54. The summed E-state index contributed by atoms with van der Waals surface area (Å²) in [6.45, 7) is 2.23. The highest BCUT2D eigenvalue weighted by Gasteiger charge is 2.09. The van der Waals surface area contributed by atoms with Gasteiger partial charge in [0.05, 0.1) is 5.56 Å². The number of carbonyl (C=O) groups excluding carboxylic acids is 1. The number of benzene rings is 2. The predicted octanol–water partition coefficient (Wildman–Crippen LogP) is 5.71. The minimum Gasteiger partial charge on any atom is -0.478 e. The van der Waals surface area contributed by atoms with Crippen molar-refractivity contribution in [2.24, 2.45) is 0 Å². The second-order valence-corrected chi connectivity index (χ2v) is 6.82. The van der Waals surface area contributed by atoms with Crippen LogP contribution in [0.4, 0.5) is 0 Å². The lowest BCUT2D eigenvalue weighted by Crippen LogP contribution is -2.05. The molecule has 3 nitrogen and oxygen atoms in total. The molecule has 0 heterocycles. The third kappa shape index (κ3) is 6.47. The van der Waals surface area contributed by atoms with E-state index in [1.165, 1.54) is 50.2 Å². The highest BCUT2D eigenvalue weighted by molar-refractivity contribution is 5.98. The lowest BCUT2D eigenvalue weighted by molar-refractivity contribution is 0.0696. The van der Waals surface area contributed by atoms with E-state index in [-0.39, 0.29) is 17.8 Å². The number of ketones is 1. The Balaban J connectivity index is 1.84. The molecule has 0 bridgehead atoms. The highest BCUT2D eigenvalue weighted by Crippen LogP contribution is 2.14. The van der Waals surface area contributed by atoms with Gasteiger partial charge in [0.2, 0.25) is 0 Å². The third-order valence-electron chi connectivity index (χ3n) is 4.63. The second kappa shape index (κ2) is 10.5. The lowest BCUT2D eigenvalue weighted by atomic mass is 9.99. The maximum absolute atomic E-state index is 12.4. The molecule has 0 aromatic heterocycles. The Bertz CT molecular complexity index is 716. The molecule has 3 heteroatoms. The third-order valence-corrected chi connectivity index (χ3v) is 4.63. The topological polar surface area (TPSA) is 54.4 Å². The SMILES string of the molecule is CCCCCCCCc1ccc(C(=O)Cc2cccc(C(=O)O)c2)cc1. The molecule has 0 aliphatic rings. The molecule has 0 spiro atoms.